The molecule has 8 nitrogen and oxygen atoms in total. The first-order valence-corrected chi connectivity index (χ1v) is 13.8. The zero-order valence-corrected chi connectivity index (χ0v) is 20.1. The zero-order valence-electron chi connectivity index (χ0n) is 19.1. The molecular formula is C20H33BN2O6Si. The van der Waals surface area contributed by atoms with Gasteiger partial charge in [0.15, 0.2) is 0 Å². The highest BCUT2D eigenvalue weighted by atomic mass is 28.3. The van der Waals surface area contributed by atoms with Gasteiger partial charge in [-0.1, -0.05) is 19.6 Å². The van der Waals surface area contributed by atoms with Crippen molar-refractivity contribution in [3.63, 3.8) is 0 Å². The Bertz CT molecular complexity index is 806. The molecule has 1 saturated heterocycles. The van der Waals surface area contributed by atoms with E-state index < -0.39 is 38.6 Å². The lowest BCUT2D eigenvalue weighted by Gasteiger charge is -2.32. The van der Waals surface area contributed by atoms with E-state index in [2.05, 4.69) is 30.3 Å². The molecule has 1 aliphatic heterocycles. The van der Waals surface area contributed by atoms with Crippen molar-refractivity contribution in [3.8, 4) is 0 Å². The lowest BCUT2D eigenvalue weighted by atomic mass is 9.74. The van der Waals surface area contributed by atoms with Crippen LogP contribution in [0.5, 0.6) is 0 Å². The van der Waals surface area contributed by atoms with Gasteiger partial charge in [-0.25, -0.2) is 9.59 Å². The average Bonchev–Trinajstić information content (AvgIpc) is 2.72. The van der Waals surface area contributed by atoms with Crippen molar-refractivity contribution >= 4 is 44.2 Å². The van der Waals surface area contributed by atoms with Gasteiger partial charge < -0.3 is 19.2 Å². The standard InChI is InChI=1S/C20H33BN2O6Si/c1-13-11-14(22-18(26)27-9-10-30(6,7)8)12-15(23-17(24)25)16(13)21-28-19(2,3)20(4,5)29-21/h11-12,23H,9-10H2,1-8H3,(H,22,26)(H,24,25). The summed E-state index contributed by atoms with van der Waals surface area (Å²) in [6.07, 6.45) is -1.79. The number of benzene rings is 1. The summed E-state index contributed by atoms with van der Waals surface area (Å²) in [5, 5.41) is 14.4. The molecule has 1 fully saturated rings. The monoisotopic (exact) mass is 436 g/mol. The van der Waals surface area contributed by atoms with Crippen molar-refractivity contribution in [1.82, 2.24) is 0 Å². The Morgan fingerprint density at radius 3 is 2.17 bits per heavy atom. The van der Waals surface area contributed by atoms with E-state index in [1.54, 1.807) is 12.1 Å². The first kappa shape index (κ1) is 24.2. The highest BCUT2D eigenvalue weighted by Gasteiger charge is 2.52. The molecule has 0 radical (unpaired) electrons. The van der Waals surface area contributed by atoms with Gasteiger partial charge in [-0.3, -0.25) is 10.6 Å². The maximum Gasteiger partial charge on any atom is 0.497 e. The fraction of sp³-hybridized carbons (Fsp3) is 0.600. The third kappa shape index (κ3) is 5.99. The van der Waals surface area contributed by atoms with Crippen LogP contribution >= 0.6 is 0 Å². The van der Waals surface area contributed by atoms with Gasteiger partial charge in [-0.15, -0.1) is 0 Å². The molecule has 30 heavy (non-hydrogen) atoms. The number of rotatable bonds is 6. The molecule has 2 amide bonds. The zero-order chi connectivity index (χ0) is 22.9. The van der Waals surface area contributed by atoms with Crippen LogP contribution < -0.4 is 16.1 Å². The van der Waals surface area contributed by atoms with Gasteiger partial charge in [0.1, 0.15) is 0 Å². The van der Waals surface area contributed by atoms with E-state index in [-0.39, 0.29) is 0 Å². The van der Waals surface area contributed by atoms with Gasteiger partial charge >= 0.3 is 19.3 Å². The van der Waals surface area contributed by atoms with Crippen molar-refractivity contribution in [1.29, 1.82) is 0 Å². The Morgan fingerprint density at radius 1 is 1.10 bits per heavy atom. The Labute approximate surface area is 179 Å². The summed E-state index contributed by atoms with van der Waals surface area (Å²) in [6.45, 7) is 16.5. The largest absolute Gasteiger partial charge is 0.497 e. The van der Waals surface area contributed by atoms with Crippen LogP contribution in [0.15, 0.2) is 12.1 Å². The van der Waals surface area contributed by atoms with E-state index in [0.717, 1.165) is 11.6 Å². The summed E-state index contributed by atoms with van der Waals surface area (Å²) in [6, 6.07) is 4.15. The van der Waals surface area contributed by atoms with Crippen LogP contribution in [-0.4, -0.2) is 50.3 Å². The maximum absolute atomic E-state index is 12.2. The van der Waals surface area contributed by atoms with Crippen LogP contribution in [0.3, 0.4) is 0 Å². The van der Waals surface area contributed by atoms with E-state index in [4.69, 9.17) is 14.0 Å². The Balaban J connectivity index is 2.25. The third-order valence-corrected chi connectivity index (χ3v) is 7.15. The van der Waals surface area contributed by atoms with Crippen molar-refractivity contribution in [3.05, 3.63) is 17.7 Å². The summed E-state index contributed by atoms with van der Waals surface area (Å²) in [5.41, 5.74) is 0.877. The number of hydrogen-bond acceptors (Lipinski definition) is 5. The minimum absolute atomic E-state index is 0.290. The summed E-state index contributed by atoms with van der Waals surface area (Å²) < 4.78 is 17.5. The number of amides is 2. The van der Waals surface area contributed by atoms with Crippen LogP contribution in [0.25, 0.3) is 0 Å². The van der Waals surface area contributed by atoms with Gasteiger partial charge in [0.05, 0.1) is 17.8 Å². The molecule has 0 bridgehead atoms. The highest BCUT2D eigenvalue weighted by Crippen LogP contribution is 2.37. The van der Waals surface area contributed by atoms with Gasteiger partial charge in [0, 0.05) is 24.9 Å². The molecule has 1 aliphatic rings. The third-order valence-electron chi connectivity index (χ3n) is 5.45. The molecule has 0 aliphatic carbocycles. The summed E-state index contributed by atoms with van der Waals surface area (Å²) >= 11 is 0. The molecule has 0 spiro atoms. The first-order chi connectivity index (χ1) is 13.6. The number of ether oxygens (including phenoxy) is 1. The molecule has 1 aromatic carbocycles. The summed E-state index contributed by atoms with van der Waals surface area (Å²) in [4.78, 5) is 23.5. The normalized spacial score (nSPS) is 17.5. The van der Waals surface area contributed by atoms with Gasteiger partial charge in [0.25, 0.3) is 0 Å². The smallest absolute Gasteiger partial charge is 0.465 e. The van der Waals surface area contributed by atoms with E-state index in [0.29, 0.717) is 23.4 Å². The second-order valence-corrected chi connectivity index (χ2v) is 15.5. The molecule has 1 heterocycles. The lowest BCUT2D eigenvalue weighted by molar-refractivity contribution is 0.00578. The average molecular weight is 436 g/mol. The second-order valence-electron chi connectivity index (χ2n) is 9.84. The van der Waals surface area contributed by atoms with Crippen LogP contribution in [0.1, 0.15) is 33.3 Å². The molecule has 0 atom stereocenters. The number of carboxylic acid groups (broad SMARTS) is 1. The fourth-order valence-corrected chi connectivity index (χ4v) is 3.68. The molecule has 10 heteroatoms. The minimum Gasteiger partial charge on any atom is -0.465 e. The molecule has 166 valence electrons. The number of hydrogen-bond donors (Lipinski definition) is 3. The van der Waals surface area contributed by atoms with Crippen molar-refractivity contribution < 1.29 is 28.7 Å². The molecule has 2 rings (SSSR count). The van der Waals surface area contributed by atoms with Crippen LogP contribution in [0.2, 0.25) is 25.7 Å². The number of nitrogens with one attached hydrogen (secondary N) is 2. The van der Waals surface area contributed by atoms with Crippen LogP contribution in [0, 0.1) is 6.92 Å². The second kappa shape index (κ2) is 8.60. The first-order valence-electron chi connectivity index (χ1n) is 10.1. The predicted molar refractivity (Wildman–Crippen MR) is 122 cm³/mol. The molecular weight excluding hydrogens is 403 g/mol. The fourth-order valence-electron chi connectivity index (χ4n) is 2.97. The van der Waals surface area contributed by atoms with Gasteiger partial charge in [-0.2, -0.15) is 0 Å². The minimum atomic E-state index is -1.31. The van der Waals surface area contributed by atoms with E-state index in [1.807, 2.05) is 34.6 Å². The topological polar surface area (TPSA) is 106 Å². The highest BCUT2D eigenvalue weighted by molar-refractivity contribution is 6.76. The summed E-state index contributed by atoms with van der Waals surface area (Å²) in [5.74, 6) is 0. The van der Waals surface area contributed by atoms with Crippen LogP contribution in [-0.2, 0) is 14.0 Å². The predicted octanol–water partition coefficient (Wildman–Crippen LogP) is 4.27. The summed E-state index contributed by atoms with van der Waals surface area (Å²) in [7, 11) is -2.05. The number of anilines is 2. The Hall–Kier alpha value is -2.04. The van der Waals surface area contributed by atoms with Gasteiger partial charge in [-0.05, 0) is 58.4 Å². The lowest BCUT2D eigenvalue weighted by Crippen LogP contribution is -2.41. The molecule has 0 unspecified atom stereocenters. The SMILES string of the molecule is Cc1cc(NC(=O)OCC[Si](C)(C)C)cc(NC(=O)O)c1B1OC(C)(C)C(C)(C)O1. The van der Waals surface area contributed by atoms with Crippen molar-refractivity contribution in [2.24, 2.45) is 0 Å². The van der Waals surface area contributed by atoms with Gasteiger partial charge in [0.2, 0.25) is 0 Å². The number of carbonyl (C=O) groups excluding carboxylic acids is 1. The quantitative estimate of drug-likeness (QED) is 0.575. The number of aryl methyl sites for hydroxylation is 1. The molecule has 1 aromatic rings. The Morgan fingerprint density at radius 2 is 1.67 bits per heavy atom. The molecule has 0 aromatic heterocycles. The van der Waals surface area contributed by atoms with E-state index in [9.17, 15) is 14.7 Å². The number of carbonyl (C=O) groups is 2. The Kier molecular flexibility index (Phi) is 6.95. The molecule has 0 saturated carbocycles. The van der Waals surface area contributed by atoms with E-state index in [1.165, 1.54) is 0 Å². The maximum atomic E-state index is 12.2. The van der Waals surface area contributed by atoms with Crippen molar-refractivity contribution in [2.75, 3.05) is 17.2 Å². The van der Waals surface area contributed by atoms with Crippen molar-refractivity contribution in [2.45, 2.75) is 71.5 Å². The molecule has 3 N–H and O–H groups in total. The van der Waals surface area contributed by atoms with E-state index >= 15 is 0 Å². The van der Waals surface area contributed by atoms with Crippen LogP contribution in [0.4, 0.5) is 21.0 Å².